The second kappa shape index (κ2) is 6.67. The number of benzene rings is 1. The van der Waals surface area contributed by atoms with Crippen LogP contribution in [0.25, 0.3) is 0 Å². The van der Waals surface area contributed by atoms with Crippen molar-refractivity contribution in [3.8, 4) is 0 Å². The summed E-state index contributed by atoms with van der Waals surface area (Å²) in [4.78, 5) is 10.5. The molecule has 5 nitrogen and oxygen atoms in total. The quantitative estimate of drug-likeness (QED) is 0.879. The fourth-order valence-corrected chi connectivity index (χ4v) is 1.95. The Morgan fingerprint density at radius 1 is 1.30 bits per heavy atom. The van der Waals surface area contributed by atoms with Crippen LogP contribution in [-0.4, -0.2) is 29.6 Å². The lowest BCUT2D eigenvalue weighted by atomic mass is 10.3. The molecule has 1 unspecified atom stereocenters. The predicted octanol–water partition coefficient (Wildman–Crippen LogP) is 2.77. The average molecular weight is 336 g/mol. The fraction of sp³-hybridized carbons (Fsp3) is 0.286. The van der Waals surface area contributed by atoms with Crippen LogP contribution in [0.2, 0.25) is 0 Å². The number of hydrogen-bond acceptors (Lipinski definition) is 5. The Bertz CT molecular complexity index is 556. The molecule has 0 bridgehead atoms. The third-order valence-electron chi connectivity index (χ3n) is 2.82. The van der Waals surface area contributed by atoms with Crippen molar-refractivity contribution < 1.29 is 0 Å². The first kappa shape index (κ1) is 14.7. The van der Waals surface area contributed by atoms with Crippen LogP contribution in [0.3, 0.4) is 0 Å². The van der Waals surface area contributed by atoms with E-state index in [0.717, 1.165) is 21.8 Å². The average Bonchev–Trinajstić information content (AvgIpc) is 2.45. The van der Waals surface area contributed by atoms with Gasteiger partial charge in [0, 0.05) is 35.9 Å². The van der Waals surface area contributed by atoms with Crippen LogP contribution in [0.15, 0.2) is 41.1 Å². The summed E-state index contributed by atoms with van der Waals surface area (Å²) in [7, 11) is 1.97. The van der Waals surface area contributed by atoms with E-state index >= 15 is 0 Å². The van der Waals surface area contributed by atoms with Crippen molar-refractivity contribution in [2.45, 2.75) is 13.0 Å². The van der Waals surface area contributed by atoms with Gasteiger partial charge >= 0.3 is 0 Å². The lowest BCUT2D eigenvalue weighted by molar-refractivity contribution is 0.777. The number of halogens is 1. The van der Waals surface area contributed by atoms with Crippen LogP contribution in [0.5, 0.6) is 0 Å². The highest BCUT2D eigenvalue weighted by atomic mass is 79.9. The molecule has 1 heterocycles. The number of rotatable bonds is 5. The van der Waals surface area contributed by atoms with E-state index in [2.05, 4.69) is 31.2 Å². The van der Waals surface area contributed by atoms with Gasteiger partial charge in [-0.1, -0.05) is 15.9 Å². The molecule has 106 valence electrons. The minimum absolute atomic E-state index is 0.0811. The molecule has 1 aromatic heterocycles. The third-order valence-corrected chi connectivity index (χ3v) is 3.34. The highest BCUT2D eigenvalue weighted by Crippen LogP contribution is 2.24. The smallest absolute Gasteiger partial charge is 0.138 e. The van der Waals surface area contributed by atoms with Crippen LogP contribution < -0.4 is 16.0 Å². The van der Waals surface area contributed by atoms with E-state index in [1.54, 1.807) is 6.33 Å². The van der Waals surface area contributed by atoms with Gasteiger partial charge < -0.3 is 16.0 Å². The van der Waals surface area contributed by atoms with E-state index < -0.39 is 0 Å². The number of nitrogens with two attached hydrogens (primary N) is 1. The summed E-state index contributed by atoms with van der Waals surface area (Å²) >= 11 is 3.43. The second-order valence-electron chi connectivity index (χ2n) is 4.66. The highest BCUT2D eigenvalue weighted by molar-refractivity contribution is 9.10. The fourth-order valence-electron chi connectivity index (χ4n) is 1.69. The molecule has 1 atom stereocenters. The molecule has 0 fully saturated rings. The van der Waals surface area contributed by atoms with Gasteiger partial charge in [-0.05, 0) is 31.2 Å². The molecule has 0 saturated carbocycles. The van der Waals surface area contributed by atoms with Gasteiger partial charge in [0.2, 0.25) is 0 Å². The molecule has 0 aliphatic carbocycles. The van der Waals surface area contributed by atoms with Crippen molar-refractivity contribution in [3.63, 3.8) is 0 Å². The van der Waals surface area contributed by atoms with Crippen LogP contribution in [0.4, 0.5) is 17.3 Å². The Morgan fingerprint density at radius 2 is 2.00 bits per heavy atom. The molecule has 6 heteroatoms. The molecular weight excluding hydrogens is 318 g/mol. The molecule has 0 amide bonds. The van der Waals surface area contributed by atoms with Crippen LogP contribution in [0, 0.1) is 0 Å². The zero-order valence-electron chi connectivity index (χ0n) is 11.5. The predicted molar refractivity (Wildman–Crippen MR) is 86.4 cm³/mol. The van der Waals surface area contributed by atoms with E-state index in [0.29, 0.717) is 6.54 Å². The lowest BCUT2D eigenvalue weighted by Crippen LogP contribution is -2.25. The summed E-state index contributed by atoms with van der Waals surface area (Å²) in [6.45, 7) is 2.63. The molecule has 0 aliphatic rings. The van der Waals surface area contributed by atoms with Crippen LogP contribution in [-0.2, 0) is 0 Å². The van der Waals surface area contributed by atoms with Gasteiger partial charge in [-0.2, -0.15) is 0 Å². The van der Waals surface area contributed by atoms with Crippen molar-refractivity contribution in [1.29, 1.82) is 0 Å². The summed E-state index contributed by atoms with van der Waals surface area (Å²) in [5.41, 5.74) is 6.78. The van der Waals surface area contributed by atoms with Crippen molar-refractivity contribution in [2.24, 2.45) is 5.73 Å². The second-order valence-corrected chi connectivity index (χ2v) is 5.57. The van der Waals surface area contributed by atoms with Crippen molar-refractivity contribution >= 4 is 33.3 Å². The topological polar surface area (TPSA) is 67.1 Å². The summed E-state index contributed by atoms with van der Waals surface area (Å²) in [6.07, 6.45) is 1.55. The Hall–Kier alpha value is -1.66. The van der Waals surface area contributed by atoms with Gasteiger partial charge in [0.05, 0.1) is 0 Å². The molecule has 20 heavy (non-hydrogen) atoms. The summed E-state index contributed by atoms with van der Waals surface area (Å²) in [5.74, 6) is 1.60. The first-order valence-corrected chi connectivity index (χ1v) is 7.16. The molecule has 0 radical (unpaired) electrons. The summed E-state index contributed by atoms with van der Waals surface area (Å²) < 4.78 is 1.05. The lowest BCUT2D eigenvalue weighted by Gasteiger charge is -2.19. The van der Waals surface area contributed by atoms with E-state index in [1.807, 2.05) is 49.2 Å². The van der Waals surface area contributed by atoms with Crippen molar-refractivity contribution in [2.75, 3.05) is 23.8 Å². The standard InChI is InChI=1S/C14H18BrN5/c1-10(16)8-17-13-7-14(19-9-18-13)20(2)12-5-3-11(15)4-6-12/h3-7,9-10H,8,16H2,1-2H3,(H,17,18,19). The van der Waals surface area contributed by atoms with Crippen molar-refractivity contribution in [1.82, 2.24) is 9.97 Å². The number of anilines is 3. The van der Waals surface area contributed by atoms with E-state index in [9.17, 15) is 0 Å². The normalized spacial score (nSPS) is 12.0. The summed E-state index contributed by atoms with van der Waals surface area (Å²) in [5, 5.41) is 3.19. The Labute approximate surface area is 127 Å². The first-order chi connectivity index (χ1) is 9.56. The van der Waals surface area contributed by atoms with Gasteiger partial charge in [0.25, 0.3) is 0 Å². The minimum atomic E-state index is 0.0811. The Kier molecular flexibility index (Phi) is 4.92. The molecule has 0 spiro atoms. The van der Waals surface area contributed by atoms with E-state index in [4.69, 9.17) is 5.73 Å². The number of aromatic nitrogens is 2. The molecule has 3 N–H and O–H groups in total. The van der Waals surface area contributed by atoms with Gasteiger partial charge in [-0.15, -0.1) is 0 Å². The number of hydrogen-bond donors (Lipinski definition) is 2. The number of nitrogens with zero attached hydrogens (tertiary/aromatic N) is 3. The molecule has 2 aromatic rings. The number of nitrogens with one attached hydrogen (secondary N) is 1. The molecule has 0 saturated heterocycles. The summed E-state index contributed by atoms with van der Waals surface area (Å²) in [6, 6.07) is 10.1. The monoisotopic (exact) mass is 335 g/mol. The maximum absolute atomic E-state index is 5.72. The largest absolute Gasteiger partial charge is 0.368 e. The zero-order chi connectivity index (χ0) is 14.5. The van der Waals surface area contributed by atoms with E-state index in [1.165, 1.54) is 0 Å². The molecule has 1 aromatic carbocycles. The van der Waals surface area contributed by atoms with Gasteiger partial charge in [0.1, 0.15) is 18.0 Å². The van der Waals surface area contributed by atoms with E-state index in [-0.39, 0.29) is 6.04 Å². The zero-order valence-corrected chi connectivity index (χ0v) is 13.1. The van der Waals surface area contributed by atoms with Crippen LogP contribution >= 0.6 is 15.9 Å². The van der Waals surface area contributed by atoms with Crippen molar-refractivity contribution in [3.05, 3.63) is 41.1 Å². The Morgan fingerprint density at radius 3 is 2.65 bits per heavy atom. The molecule has 2 rings (SSSR count). The maximum Gasteiger partial charge on any atom is 0.138 e. The molecular formula is C14H18BrN5. The van der Waals surface area contributed by atoms with Crippen LogP contribution in [0.1, 0.15) is 6.92 Å². The van der Waals surface area contributed by atoms with Gasteiger partial charge in [-0.3, -0.25) is 0 Å². The maximum atomic E-state index is 5.72. The van der Waals surface area contributed by atoms with Gasteiger partial charge in [0.15, 0.2) is 0 Å². The third kappa shape index (κ3) is 3.91. The first-order valence-electron chi connectivity index (χ1n) is 6.37. The SMILES string of the molecule is CC(N)CNc1cc(N(C)c2ccc(Br)cc2)ncn1. The molecule has 0 aliphatic heterocycles. The minimum Gasteiger partial charge on any atom is -0.368 e. The van der Waals surface area contributed by atoms with Gasteiger partial charge in [-0.25, -0.2) is 9.97 Å². The highest BCUT2D eigenvalue weighted by Gasteiger charge is 2.07. The Balaban J connectivity index is 2.15.